The van der Waals surface area contributed by atoms with Crippen LogP contribution in [-0.2, 0) is 6.54 Å². The summed E-state index contributed by atoms with van der Waals surface area (Å²) in [4.78, 5) is 12.7. The molecule has 0 saturated heterocycles. The highest BCUT2D eigenvalue weighted by molar-refractivity contribution is 5.44. The molecule has 1 atom stereocenters. The molecule has 0 radical (unpaired) electrons. The molecule has 0 bridgehead atoms. The fourth-order valence-electron chi connectivity index (χ4n) is 2.80. The van der Waals surface area contributed by atoms with Gasteiger partial charge in [0.25, 0.3) is 5.69 Å². The van der Waals surface area contributed by atoms with E-state index in [2.05, 4.69) is 37.8 Å². The van der Waals surface area contributed by atoms with Gasteiger partial charge in [-0.25, -0.2) is 0 Å². The number of aliphatic hydroxyl groups is 1. The highest BCUT2D eigenvalue weighted by Gasteiger charge is 2.24. The summed E-state index contributed by atoms with van der Waals surface area (Å²) in [7, 11) is 0. The van der Waals surface area contributed by atoms with Crippen molar-refractivity contribution in [2.45, 2.75) is 45.9 Å². The standard InChI is InChI=1S/C21H28N2O4/c1-16-12-19(10-11-20(16)23(25)26)27-15-18(24)14-22(21(2,3)4)13-17-8-6-5-7-9-17/h5-12,18,24H,13-15H2,1-4H3/t18-/m0/s1. The molecule has 0 spiro atoms. The van der Waals surface area contributed by atoms with Crippen molar-refractivity contribution in [2.75, 3.05) is 13.2 Å². The molecule has 6 nitrogen and oxygen atoms in total. The monoisotopic (exact) mass is 372 g/mol. The number of hydrogen-bond acceptors (Lipinski definition) is 5. The van der Waals surface area contributed by atoms with E-state index in [-0.39, 0.29) is 17.8 Å². The maximum atomic E-state index is 10.9. The Morgan fingerprint density at radius 1 is 1.19 bits per heavy atom. The van der Waals surface area contributed by atoms with E-state index in [0.717, 1.165) is 6.54 Å². The van der Waals surface area contributed by atoms with E-state index in [4.69, 9.17) is 4.74 Å². The minimum atomic E-state index is -0.677. The summed E-state index contributed by atoms with van der Waals surface area (Å²) in [5.74, 6) is 0.516. The van der Waals surface area contributed by atoms with Gasteiger partial charge in [0.1, 0.15) is 18.5 Å². The highest BCUT2D eigenvalue weighted by Crippen LogP contribution is 2.23. The van der Waals surface area contributed by atoms with E-state index < -0.39 is 11.0 Å². The summed E-state index contributed by atoms with van der Waals surface area (Å²) in [6.07, 6.45) is -0.677. The molecule has 27 heavy (non-hydrogen) atoms. The Labute approximate surface area is 160 Å². The van der Waals surface area contributed by atoms with Gasteiger partial charge in [-0.15, -0.1) is 0 Å². The van der Waals surface area contributed by atoms with Gasteiger partial charge in [0.15, 0.2) is 0 Å². The van der Waals surface area contributed by atoms with E-state index >= 15 is 0 Å². The molecular formula is C21H28N2O4. The lowest BCUT2D eigenvalue weighted by Gasteiger charge is -2.37. The number of rotatable bonds is 8. The molecule has 0 unspecified atom stereocenters. The van der Waals surface area contributed by atoms with Crippen molar-refractivity contribution in [2.24, 2.45) is 0 Å². The van der Waals surface area contributed by atoms with Crippen molar-refractivity contribution in [1.82, 2.24) is 4.90 Å². The van der Waals surface area contributed by atoms with Gasteiger partial charge in [-0.05, 0) is 45.4 Å². The normalized spacial score (nSPS) is 12.8. The lowest BCUT2D eigenvalue weighted by Crippen LogP contribution is -2.46. The van der Waals surface area contributed by atoms with Crippen LogP contribution in [0.25, 0.3) is 0 Å². The molecule has 0 aliphatic heterocycles. The number of nitro groups is 1. The molecule has 0 aromatic heterocycles. The third kappa shape index (κ3) is 6.34. The first kappa shape index (κ1) is 20.9. The number of nitro benzene ring substituents is 1. The second-order valence-corrected chi connectivity index (χ2v) is 7.71. The average Bonchev–Trinajstić information content (AvgIpc) is 2.59. The predicted molar refractivity (Wildman–Crippen MR) is 106 cm³/mol. The fraction of sp³-hybridized carbons (Fsp3) is 0.429. The van der Waals surface area contributed by atoms with Crippen molar-refractivity contribution in [3.05, 3.63) is 69.8 Å². The smallest absolute Gasteiger partial charge is 0.272 e. The van der Waals surface area contributed by atoms with Crippen LogP contribution in [0.5, 0.6) is 5.75 Å². The van der Waals surface area contributed by atoms with Crippen LogP contribution in [0.1, 0.15) is 31.9 Å². The molecule has 2 aromatic carbocycles. The highest BCUT2D eigenvalue weighted by atomic mass is 16.6. The second kappa shape index (κ2) is 8.97. The molecule has 1 N–H and O–H groups in total. The molecule has 6 heteroatoms. The second-order valence-electron chi connectivity index (χ2n) is 7.71. The average molecular weight is 372 g/mol. The first-order valence-electron chi connectivity index (χ1n) is 9.01. The van der Waals surface area contributed by atoms with Crippen LogP contribution in [0.2, 0.25) is 0 Å². The molecule has 0 saturated carbocycles. The number of nitrogens with zero attached hydrogens (tertiary/aromatic N) is 2. The zero-order chi connectivity index (χ0) is 20.0. The number of benzene rings is 2. The Morgan fingerprint density at radius 3 is 2.41 bits per heavy atom. The Kier molecular flexibility index (Phi) is 6.93. The first-order valence-corrected chi connectivity index (χ1v) is 9.01. The maximum absolute atomic E-state index is 10.9. The number of aliphatic hydroxyl groups excluding tert-OH is 1. The van der Waals surface area contributed by atoms with Crippen molar-refractivity contribution in [1.29, 1.82) is 0 Å². The van der Waals surface area contributed by atoms with Crippen LogP contribution >= 0.6 is 0 Å². The minimum Gasteiger partial charge on any atom is -0.491 e. The van der Waals surface area contributed by atoms with Gasteiger partial charge >= 0.3 is 0 Å². The van der Waals surface area contributed by atoms with E-state index in [1.807, 2.05) is 18.2 Å². The van der Waals surface area contributed by atoms with Gasteiger partial charge < -0.3 is 9.84 Å². The number of hydrogen-bond donors (Lipinski definition) is 1. The minimum absolute atomic E-state index is 0.0599. The van der Waals surface area contributed by atoms with E-state index in [9.17, 15) is 15.2 Å². The summed E-state index contributed by atoms with van der Waals surface area (Å²) in [6, 6.07) is 14.7. The van der Waals surface area contributed by atoms with Gasteiger partial charge in [0, 0.05) is 30.3 Å². The fourth-order valence-corrected chi connectivity index (χ4v) is 2.80. The lowest BCUT2D eigenvalue weighted by molar-refractivity contribution is -0.385. The van der Waals surface area contributed by atoms with Gasteiger partial charge in [-0.3, -0.25) is 15.0 Å². The molecule has 2 rings (SSSR count). The van der Waals surface area contributed by atoms with Crippen molar-refractivity contribution < 1.29 is 14.8 Å². The van der Waals surface area contributed by atoms with Gasteiger partial charge in [0.2, 0.25) is 0 Å². The molecule has 0 amide bonds. The van der Waals surface area contributed by atoms with Gasteiger partial charge in [-0.2, -0.15) is 0 Å². The Hall–Kier alpha value is -2.44. The van der Waals surface area contributed by atoms with Crippen LogP contribution in [-0.4, -0.2) is 39.7 Å². The molecule has 146 valence electrons. The predicted octanol–water partition coefficient (Wildman–Crippen LogP) is 3.94. The quantitative estimate of drug-likeness (QED) is 0.561. The van der Waals surface area contributed by atoms with Crippen molar-refractivity contribution >= 4 is 5.69 Å². The Morgan fingerprint density at radius 2 is 1.85 bits per heavy atom. The lowest BCUT2D eigenvalue weighted by atomic mass is 10.0. The summed E-state index contributed by atoms with van der Waals surface area (Å²) >= 11 is 0. The van der Waals surface area contributed by atoms with E-state index in [0.29, 0.717) is 17.9 Å². The van der Waals surface area contributed by atoms with Gasteiger partial charge in [-0.1, -0.05) is 30.3 Å². The van der Waals surface area contributed by atoms with Crippen LogP contribution < -0.4 is 4.74 Å². The van der Waals surface area contributed by atoms with Crippen LogP contribution in [0.15, 0.2) is 48.5 Å². The van der Waals surface area contributed by atoms with Crippen LogP contribution in [0.3, 0.4) is 0 Å². The topological polar surface area (TPSA) is 75.8 Å². The number of aryl methyl sites for hydroxylation is 1. The maximum Gasteiger partial charge on any atom is 0.272 e. The van der Waals surface area contributed by atoms with Crippen molar-refractivity contribution in [3.8, 4) is 5.75 Å². The summed E-state index contributed by atoms with van der Waals surface area (Å²) in [5, 5.41) is 21.3. The SMILES string of the molecule is Cc1cc(OC[C@@H](O)CN(Cc2ccccc2)C(C)(C)C)ccc1[N+](=O)[O-]. The van der Waals surface area contributed by atoms with Gasteiger partial charge in [0.05, 0.1) is 4.92 Å². The molecule has 0 fully saturated rings. The molecule has 0 aliphatic rings. The van der Waals surface area contributed by atoms with E-state index in [1.165, 1.54) is 11.6 Å². The molecule has 0 aliphatic carbocycles. The molecule has 2 aromatic rings. The number of ether oxygens (including phenoxy) is 1. The van der Waals surface area contributed by atoms with Crippen molar-refractivity contribution in [3.63, 3.8) is 0 Å². The Bertz CT molecular complexity index is 757. The van der Waals surface area contributed by atoms with Crippen LogP contribution in [0.4, 0.5) is 5.69 Å². The number of β-amino-alcohol motifs (C(OH)–C–C–N with tert-alkyl or cyclic N) is 1. The zero-order valence-corrected chi connectivity index (χ0v) is 16.4. The zero-order valence-electron chi connectivity index (χ0n) is 16.4. The largest absolute Gasteiger partial charge is 0.491 e. The van der Waals surface area contributed by atoms with Crippen LogP contribution in [0, 0.1) is 17.0 Å². The molecule has 0 heterocycles. The summed E-state index contributed by atoms with van der Waals surface area (Å²) in [6.45, 7) is 9.33. The third-order valence-corrected chi connectivity index (χ3v) is 4.40. The summed E-state index contributed by atoms with van der Waals surface area (Å²) in [5.41, 5.74) is 1.67. The summed E-state index contributed by atoms with van der Waals surface area (Å²) < 4.78 is 5.65. The Balaban J connectivity index is 1.96. The third-order valence-electron chi connectivity index (χ3n) is 4.40. The first-order chi connectivity index (χ1) is 12.7. The van der Waals surface area contributed by atoms with E-state index in [1.54, 1.807) is 19.1 Å². The molecular weight excluding hydrogens is 344 g/mol.